The van der Waals surface area contributed by atoms with Gasteiger partial charge < -0.3 is 5.73 Å². The Morgan fingerprint density at radius 2 is 2.35 bits per heavy atom. The lowest BCUT2D eigenvalue weighted by atomic mass is 10.1. The summed E-state index contributed by atoms with van der Waals surface area (Å²) in [5, 5.41) is 9.33. The number of nitriles is 1. The van der Waals surface area contributed by atoms with Crippen molar-refractivity contribution in [1.29, 1.82) is 5.26 Å². The van der Waals surface area contributed by atoms with Crippen molar-refractivity contribution in [3.05, 3.63) is 28.7 Å². The van der Waals surface area contributed by atoms with Crippen LogP contribution in [0.4, 0.5) is 11.5 Å². The highest BCUT2D eigenvalue weighted by Gasteiger charge is 2.19. The molecule has 0 aliphatic carbocycles. The molecule has 2 rings (SSSR count). The molecule has 5 nitrogen and oxygen atoms in total. The molecule has 0 amide bonds. The van der Waals surface area contributed by atoms with E-state index >= 15 is 0 Å². The van der Waals surface area contributed by atoms with E-state index in [-0.39, 0.29) is 22.1 Å². The molecule has 17 heavy (non-hydrogen) atoms. The summed E-state index contributed by atoms with van der Waals surface area (Å²) < 4.78 is 0. The van der Waals surface area contributed by atoms with Crippen LogP contribution in [-0.4, -0.2) is 9.97 Å². The lowest BCUT2D eigenvalue weighted by molar-refractivity contribution is 1.14. The average molecular weight is 259 g/mol. The van der Waals surface area contributed by atoms with Gasteiger partial charge in [-0.15, -0.1) is 24.0 Å². The summed E-state index contributed by atoms with van der Waals surface area (Å²) in [4.78, 5) is 11.8. The monoisotopic (exact) mass is 259 g/mol. The SMILES string of the molecule is [C-]#[N+]c1c(N)nc(S)c(C#N)c1-c1cncs1. The van der Waals surface area contributed by atoms with Crippen LogP contribution in [-0.2, 0) is 0 Å². The highest BCUT2D eigenvalue weighted by molar-refractivity contribution is 7.80. The topological polar surface area (TPSA) is 80.0 Å². The van der Waals surface area contributed by atoms with Gasteiger partial charge in [-0.25, -0.2) is 9.83 Å². The highest BCUT2D eigenvalue weighted by Crippen LogP contribution is 2.40. The number of nitrogen functional groups attached to an aromatic ring is 1. The van der Waals surface area contributed by atoms with E-state index in [1.807, 2.05) is 6.07 Å². The van der Waals surface area contributed by atoms with E-state index in [4.69, 9.17) is 17.6 Å². The van der Waals surface area contributed by atoms with Crippen LogP contribution in [0.25, 0.3) is 15.3 Å². The summed E-state index contributed by atoms with van der Waals surface area (Å²) in [5.41, 5.74) is 8.17. The minimum absolute atomic E-state index is 0.0763. The molecule has 2 N–H and O–H groups in total. The molecule has 0 bridgehead atoms. The van der Waals surface area contributed by atoms with Gasteiger partial charge >= 0.3 is 0 Å². The zero-order chi connectivity index (χ0) is 12.4. The molecule has 7 heteroatoms. The molecule has 0 spiro atoms. The van der Waals surface area contributed by atoms with E-state index in [1.165, 1.54) is 11.3 Å². The fraction of sp³-hybridized carbons (Fsp3) is 0. The van der Waals surface area contributed by atoms with Crippen LogP contribution in [0.5, 0.6) is 0 Å². The summed E-state index contributed by atoms with van der Waals surface area (Å²) in [6.45, 7) is 7.12. The smallest absolute Gasteiger partial charge is 0.237 e. The predicted molar refractivity (Wildman–Crippen MR) is 68.0 cm³/mol. The second kappa shape index (κ2) is 4.42. The van der Waals surface area contributed by atoms with Crippen LogP contribution in [0.3, 0.4) is 0 Å². The van der Waals surface area contributed by atoms with Gasteiger partial charge in [-0.1, -0.05) is 0 Å². The molecule has 0 unspecified atom stereocenters. The first-order valence-corrected chi connectivity index (χ1v) is 5.70. The number of nitrogens with two attached hydrogens (primary N) is 1. The number of aromatic nitrogens is 2. The van der Waals surface area contributed by atoms with Crippen LogP contribution in [0.1, 0.15) is 5.56 Å². The van der Waals surface area contributed by atoms with E-state index in [2.05, 4.69) is 27.4 Å². The maximum Gasteiger partial charge on any atom is 0.237 e. The Balaban J connectivity index is 2.89. The van der Waals surface area contributed by atoms with Crippen molar-refractivity contribution in [3.8, 4) is 16.5 Å². The standard InChI is InChI=1S/C10H5N5S2/c1-13-8-7(6-3-14-4-17-6)5(2-11)10(16)15-9(8)12/h3-4H,(H3,12,15,16). The molecule has 2 heterocycles. The zero-order valence-electron chi connectivity index (χ0n) is 8.38. The predicted octanol–water partition coefficient (Wildman–Crippen LogP) is 2.50. The molecular weight excluding hydrogens is 254 g/mol. The van der Waals surface area contributed by atoms with Gasteiger partial charge in [0, 0.05) is 16.6 Å². The van der Waals surface area contributed by atoms with Crippen LogP contribution in [0, 0.1) is 17.9 Å². The maximum absolute atomic E-state index is 9.11. The first kappa shape index (κ1) is 11.4. The first-order chi connectivity index (χ1) is 8.19. The Morgan fingerprint density at radius 1 is 1.59 bits per heavy atom. The third-order valence-corrected chi connectivity index (χ3v) is 3.20. The molecule has 0 aliphatic rings. The zero-order valence-corrected chi connectivity index (χ0v) is 10.1. The fourth-order valence-electron chi connectivity index (χ4n) is 1.38. The molecule has 0 fully saturated rings. The summed E-state index contributed by atoms with van der Waals surface area (Å²) in [7, 11) is 0. The molecule has 0 aliphatic heterocycles. The normalized spacial score (nSPS) is 9.59. The first-order valence-electron chi connectivity index (χ1n) is 4.38. The summed E-state index contributed by atoms with van der Waals surface area (Å²) in [5.74, 6) is 0.0763. The quantitative estimate of drug-likeness (QED) is 0.609. The lowest BCUT2D eigenvalue weighted by Crippen LogP contribution is -1.96. The lowest BCUT2D eigenvalue weighted by Gasteiger charge is -2.08. The van der Waals surface area contributed by atoms with E-state index in [1.54, 1.807) is 11.7 Å². The van der Waals surface area contributed by atoms with Gasteiger partial charge in [0.1, 0.15) is 16.9 Å². The van der Waals surface area contributed by atoms with Gasteiger partial charge in [-0.3, -0.25) is 4.98 Å². The Bertz CT molecular complexity index is 611. The summed E-state index contributed by atoms with van der Waals surface area (Å²) in [6, 6.07) is 2.00. The molecule has 82 valence electrons. The molecule has 0 aromatic carbocycles. The third kappa shape index (κ3) is 1.82. The number of hydrogen-bond donors (Lipinski definition) is 2. The average Bonchev–Trinajstić information content (AvgIpc) is 2.81. The number of thiol groups is 1. The number of hydrogen-bond acceptors (Lipinski definition) is 6. The van der Waals surface area contributed by atoms with Gasteiger partial charge in [-0.2, -0.15) is 5.26 Å². The van der Waals surface area contributed by atoms with Gasteiger partial charge in [0.2, 0.25) is 5.69 Å². The van der Waals surface area contributed by atoms with Crippen molar-refractivity contribution in [3.63, 3.8) is 0 Å². The molecular formula is C10H5N5S2. The van der Waals surface area contributed by atoms with Crippen molar-refractivity contribution in [1.82, 2.24) is 9.97 Å². The highest BCUT2D eigenvalue weighted by atomic mass is 32.1. The second-order valence-electron chi connectivity index (χ2n) is 3.01. The minimum Gasteiger partial charge on any atom is -0.392 e. The summed E-state index contributed by atoms with van der Waals surface area (Å²) >= 11 is 5.43. The molecule has 0 radical (unpaired) electrons. The van der Waals surface area contributed by atoms with Gasteiger partial charge in [-0.05, 0) is 0 Å². The Morgan fingerprint density at radius 3 is 2.88 bits per heavy atom. The van der Waals surface area contributed by atoms with Gasteiger partial charge in [0.25, 0.3) is 0 Å². The van der Waals surface area contributed by atoms with Crippen molar-refractivity contribution < 1.29 is 0 Å². The number of pyridine rings is 1. The fourth-order valence-corrected chi connectivity index (χ4v) is 2.32. The van der Waals surface area contributed by atoms with Crippen LogP contribution >= 0.6 is 24.0 Å². The van der Waals surface area contributed by atoms with Crippen molar-refractivity contribution in [2.45, 2.75) is 5.03 Å². The Kier molecular flexibility index (Phi) is 2.96. The second-order valence-corrected chi connectivity index (χ2v) is 4.32. The Hall–Kier alpha value is -2.09. The molecule has 0 saturated heterocycles. The number of nitrogens with zero attached hydrogens (tertiary/aromatic N) is 4. The largest absolute Gasteiger partial charge is 0.392 e. The van der Waals surface area contributed by atoms with E-state index in [0.717, 1.165) is 0 Å². The number of rotatable bonds is 1. The molecule has 2 aromatic rings. The molecule has 0 saturated carbocycles. The van der Waals surface area contributed by atoms with E-state index in [0.29, 0.717) is 10.4 Å². The van der Waals surface area contributed by atoms with Crippen molar-refractivity contribution in [2.24, 2.45) is 0 Å². The molecule has 2 aromatic heterocycles. The van der Waals surface area contributed by atoms with Gasteiger partial charge in [0.05, 0.1) is 17.6 Å². The van der Waals surface area contributed by atoms with E-state index < -0.39 is 0 Å². The van der Waals surface area contributed by atoms with E-state index in [9.17, 15) is 0 Å². The van der Waals surface area contributed by atoms with Crippen LogP contribution in [0.15, 0.2) is 16.7 Å². The van der Waals surface area contributed by atoms with Crippen LogP contribution < -0.4 is 5.73 Å². The Labute approximate surface area is 107 Å². The minimum atomic E-state index is 0.0763. The van der Waals surface area contributed by atoms with Crippen molar-refractivity contribution >= 4 is 35.5 Å². The van der Waals surface area contributed by atoms with Crippen LogP contribution in [0.2, 0.25) is 0 Å². The third-order valence-electron chi connectivity index (χ3n) is 2.08. The molecule has 0 atom stereocenters. The number of anilines is 1. The maximum atomic E-state index is 9.11. The van der Waals surface area contributed by atoms with Gasteiger partial charge in [0.15, 0.2) is 0 Å². The number of thiazole rings is 1. The summed E-state index contributed by atoms with van der Waals surface area (Å²) in [6.07, 6.45) is 1.59. The van der Waals surface area contributed by atoms with Crippen molar-refractivity contribution in [2.75, 3.05) is 5.73 Å².